The topological polar surface area (TPSA) is 109 Å². The van der Waals surface area contributed by atoms with Crippen molar-refractivity contribution in [2.24, 2.45) is 11.8 Å². The molecular formula is C20H27N5O3. The van der Waals surface area contributed by atoms with Crippen LogP contribution in [0, 0.1) is 11.8 Å². The minimum Gasteiger partial charge on any atom is -0.384 e. The Bertz CT molecular complexity index is 781. The molecule has 3 amide bonds. The van der Waals surface area contributed by atoms with Crippen molar-refractivity contribution < 1.29 is 14.4 Å². The predicted octanol–water partition coefficient (Wildman–Crippen LogP) is 0.642. The number of pyridine rings is 1. The highest BCUT2D eigenvalue weighted by atomic mass is 16.2. The maximum atomic E-state index is 13.0. The third-order valence-electron chi connectivity index (χ3n) is 6.38. The number of carbonyl (C=O) groups excluding carboxylic acids is 3. The lowest BCUT2D eigenvalue weighted by atomic mass is 9.72. The summed E-state index contributed by atoms with van der Waals surface area (Å²) < 4.78 is 0. The van der Waals surface area contributed by atoms with Crippen LogP contribution >= 0.6 is 0 Å². The Balaban J connectivity index is 1.58. The number of nitrogens with zero attached hydrogens (tertiary/aromatic N) is 3. The van der Waals surface area contributed by atoms with E-state index in [2.05, 4.69) is 10.3 Å². The van der Waals surface area contributed by atoms with Crippen molar-refractivity contribution >= 4 is 23.5 Å². The van der Waals surface area contributed by atoms with Gasteiger partial charge in [-0.25, -0.2) is 4.98 Å². The van der Waals surface area contributed by atoms with Gasteiger partial charge in [-0.2, -0.15) is 0 Å². The van der Waals surface area contributed by atoms with Crippen LogP contribution in [0.15, 0.2) is 18.3 Å². The first-order valence-corrected chi connectivity index (χ1v) is 10.0. The van der Waals surface area contributed by atoms with Gasteiger partial charge in [-0.3, -0.25) is 14.4 Å². The Morgan fingerprint density at radius 3 is 2.79 bits per heavy atom. The van der Waals surface area contributed by atoms with E-state index in [1.165, 1.54) is 13.1 Å². The second-order valence-corrected chi connectivity index (χ2v) is 8.20. The molecule has 4 heterocycles. The number of amides is 3. The summed E-state index contributed by atoms with van der Waals surface area (Å²) in [7, 11) is 0. The fourth-order valence-corrected chi connectivity index (χ4v) is 5.17. The number of nitrogens with one attached hydrogen (secondary N) is 1. The molecule has 8 heteroatoms. The molecule has 3 saturated heterocycles. The molecule has 3 N–H and O–H groups in total. The van der Waals surface area contributed by atoms with Crippen LogP contribution in [0.1, 0.15) is 43.0 Å². The van der Waals surface area contributed by atoms with Crippen molar-refractivity contribution in [2.75, 3.05) is 25.4 Å². The van der Waals surface area contributed by atoms with E-state index in [1.54, 1.807) is 12.1 Å². The monoisotopic (exact) mass is 385 g/mol. The van der Waals surface area contributed by atoms with E-state index in [-0.39, 0.29) is 41.6 Å². The lowest BCUT2D eigenvalue weighted by Crippen LogP contribution is -2.67. The SMILES string of the molecule is CC(=O)NC[C@H]1[C@H]2C[C@H](CN(C(=O)c3ccc(N)nc3)C2)[C@@H]2CCCC(=O)N21. The molecule has 150 valence electrons. The lowest BCUT2D eigenvalue weighted by Gasteiger charge is -2.56. The highest BCUT2D eigenvalue weighted by Gasteiger charge is 2.50. The number of carbonyl (C=O) groups is 3. The zero-order chi connectivity index (χ0) is 19.8. The average molecular weight is 385 g/mol. The second kappa shape index (κ2) is 7.41. The van der Waals surface area contributed by atoms with Crippen LogP contribution in [0.3, 0.4) is 0 Å². The van der Waals surface area contributed by atoms with Gasteiger partial charge in [0.2, 0.25) is 11.8 Å². The smallest absolute Gasteiger partial charge is 0.255 e. The minimum atomic E-state index is -0.0974. The summed E-state index contributed by atoms with van der Waals surface area (Å²) in [6.45, 7) is 3.17. The fourth-order valence-electron chi connectivity index (χ4n) is 5.17. The van der Waals surface area contributed by atoms with Gasteiger partial charge in [0.15, 0.2) is 0 Å². The van der Waals surface area contributed by atoms with Gasteiger partial charge in [0.1, 0.15) is 5.82 Å². The Morgan fingerprint density at radius 2 is 2.07 bits per heavy atom. The molecule has 0 saturated carbocycles. The van der Waals surface area contributed by atoms with Crippen LogP contribution in [-0.2, 0) is 9.59 Å². The zero-order valence-corrected chi connectivity index (χ0v) is 16.1. The van der Waals surface area contributed by atoms with Crippen molar-refractivity contribution in [3.63, 3.8) is 0 Å². The molecule has 0 radical (unpaired) electrons. The Labute approximate surface area is 164 Å². The summed E-state index contributed by atoms with van der Waals surface area (Å²) in [5.74, 6) is 0.871. The molecular weight excluding hydrogens is 358 g/mol. The summed E-state index contributed by atoms with van der Waals surface area (Å²) in [6, 6.07) is 3.44. The highest BCUT2D eigenvalue weighted by Crippen LogP contribution is 2.41. The normalized spacial score (nSPS) is 29.2. The Morgan fingerprint density at radius 1 is 1.29 bits per heavy atom. The maximum Gasteiger partial charge on any atom is 0.255 e. The molecule has 8 nitrogen and oxygen atoms in total. The van der Waals surface area contributed by atoms with E-state index >= 15 is 0 Å². The number of piperidine rings is 3. The standard InChI is InChI=1S/C20H27N5O3/c1-12(26)22-9-17-15-7-14(16-3-2-4-19(27)25(16)17)10-24(11-15)20(28)13-5-6-18(21)23-8-13/h5-6,8,14-17H,2-4,7,9-11H2,1H3,(H2,21,23)(H,22,26)/t14-,15+,16+,17+/m1/s1. The Kier molecular flexibility index (Phi) is 4.95. The van der Waals surface area contributed by atoms with Gasteiger partial charge >= 0.3 is 0 Å². The summed E-state index contributed by atoms with van der Waals surface area (Å²) in [5.41, 5.74) is 6.17. The van der Waals surface area contributed by atoms with E-state index in [9.17, 15) is 14.4 Å². The first-order valence-electron chi connectivity index (χ1n) is 10.0. The van der Waals surface area contributed by atoms with Crippen LogP contribution in [0.2, 0.25) is 0 Å². The van der Waals surface area contributed by atoms with Crippen LogP contribution in [0.25, 0.3) is 0 Å². The van der Waals surface area contributed by atoms with Gasteiger partial charge in [-0.05, 0) is 43.2 Å². The fraction of sp³-hybridized carbons (Fsp3) is 0.600. The van der Waals surface area contributed by atoms with Gasteiger partial charge < -0.3 is 20.9 Å². The van der Waals surface area contributed by atoms with Crippen molar-refractivity contribution in [3.05, 3.63) is 23.9 Å². The Hall–Kier alpha value is -2.64. The van der Waals surface area contributed by atoms with Crippen LogP contribution in [0.5, 0.6) is 0 Å². The predicted molar refractivity (Wildman–Crippen MR) is 103 cm³/mol. The number of anilines is 1. The van der Waals surface area contributed by atoms with E-state index in [4.69, 9.17) is 5.73 Å². The number of aromatic nitrogens is 1. The number of fused-ring (bicyclic) bond motifs is 4. The molecule has 1 aromatic rings. The van der Waals surface area contributed by atoms with Crippen LogP contribution in [0.4, 0.5) is 5.82 Å². The molecule has 4 atom stereocenters. The summed E-state index contributed by atoms with van der Waals surface area (Å²) >= 11 is 0. The summed E-state index contributed by atoms with van der Waals surface area (Å²) in [5, 5.41) is 2.89. The molecule has 3 aliphatic heterocycles. The average Bonchev–Trinajstić information content (AvgIpc) is 2.68. The third-order valence-corrected chi connectivity index (χ3v) is 6.38. The molecule has 1 aromatic heterocycles. The largest absolute Gasteiger partial charge is 0.384 e. The molecule has 2 bridgehead atoms. The van der Waals surface area contributed by atoms with Gasteiger partial charge in [0.05, 0.1) is 11.6 Å². The molecule has 4 rings (SSSR count). The van der Waals surface area contributed by atoms with Crippen molar-refractivity contribution in [1.29, 1.82) is 0 Å². The third kappa shape index (κ3) is 3.43. The zero-order valence-electron chi connectivity index (χ0n) is 16.1. The molecule has 28 heavy (non-hydrogen) atoms. The van der Waals surface area contributed by atoms with Crippen molar-refractivity contribution in [1.82, 2.24) is 20.1 Å². The second-order valence-electron chi connectivity index (χ2n) is 8.20. The van der Waals surface area contributed by atoms with E-state index in [0.29, 0.717) is 37.4 Å². The number of nitrogens with two attached hydrogens (primary N) is 1. The summed E-state index contributed by atoms with van der Waals surface area (Å²) in [6.07, 6.45) is 4.94. The first kappa shape index (κ1) is 18.7. The molecule has 0 unspecified atom stereocenters. The quantitative estimate of drug-likeness (QED) is 0.794. The first-order chi connectivity index (χ1) is 13.4. The molecule has 0 spiro atoms. The van der Waals surface area contributed by atoms with E-state index in [1.807, 2.05) is 9.80 Å². The molecule has 3 aliphatic rings. The molecule has 0 aliphatic carbocycles. The van der Waals surface area contributed by atoms with Gasteiger partial charge in [0.25, 0.3) is 5.91 Å². The van der Waals surface area contributed by atoms with Crippen molar-refractivity contribution in [3.8, 4) is 0 Å². The van der Waals surface area contributed by atoms with Gasteiger partial charge in [0, 0.05) is 45.2 Å². The molecule has 0 aromatic carbocycles. The van der Waals surface area contributed by atoms with E-state index < -0.39 is 0 Å². The minimum absolute atomic E-state index is 0.0453. The summed E-state index contributed by atoms with van der Waals surface area (Å²) in [4.78, 5) is 45.2. The van der Waals surface area contributed by atoms with Crippen LogP contribution < -0.4 is 11.1 Å². The van der Waals surface area contributed by atoms with Gasteiger partial charge in [-0.15, -0.1) is 0 Å². The maximum absolute atomic E-state index is 13.0. The van der Waals surface area contributed by atoms with Gasteiger partial charge in [-0.1, -0.05) is 0 Å². The highest BCUT2D eigenvalue weighted by molar-refractivity contribution is 5.94. The lowest BCUT2D eigenvalue weighted by molar-refractivity contribution is -0.151. The number of nitrogen functional groups attached to an aromatic ring is 1. The number of hydrogen-bond donors (Lipinski definition) is 2. The van der Waals surface area contributed by atoms with E-state index in [0.717, 1.165) is 19.3 Å². The van der Waals surface area contributed by atoms with Crippen LogP contribution in [-0.4, -0.2) is 64.2 Å². The number of rotatable bonds is 3. The number of hydrogen-bond acceptors (Lipinski definition) is 5. The number of likely N-dealkylation sites (tertiary alicyclic amines) is 1. The molecule has 3 fully saturated rings. The van der Waals surface area contributed by atoms with Crippen molar-refractivity contribution in [2.45, 2.75) is 44.7 Å².